The monoisotopic (exact) mass is 456 g/mol. The van der Waals surface area contributed by atoms with Crippen LogP contribution in [0.3, 0.4) is 0 Å². The molecule has 5 aromatic rings. The minimum absolute atomic E-state index is 1.14. The van der Waals surface area contributed by atoms with Gasteiger partial charge in [0.2, 0.25) is 0 Å². The van der Waals surface area contributed by atoms with Crippen molar-refractivity contribution in [3.05, 3.63) is 127 Å². The first-order chi connectivity index (χ1) is 16.7. The van der Waals surface area contributed by atoms with Gasteiger partial charge >= 0.3 is 0 Å². The van der Waals surface area contributed by atoms with E-state index in [4.69, 9.17) is 0 Å². The molecule has 2 nitrogen and oxygen atoms in total. The van der Waals surface area contributed by atoms with E-state index in [0.29, 0.717) is 0 Å². The van der Waals surface area contributed by atoms with Crippen LogP contribution in [0.15, 0.2) is 131 Å². The number of para-hydroxylation sites is 2. The topological polar surface area (TPSA) is 15.3 Å². The number of benzene rings is 5. The molecule has 0 saturated heterocycles. The first-order valence-electron chi connectivity index (χ1n) is 11.4. The van der Waals surface area contributed by atoms with Crippen LogP contribution < -0.4 is 10.2 Å². The Morgan fingerprint density at radius 1 is 0.529 bits per heavy atom. The van der Waals surface area contributed by atoms with Crippen LogP contribution in [0.25, 0.3) is 11.1 Å². The largest absolute Gasteiger partial charge is 0.354 e. The first kappa shape index (κ1) is 20.6. The van der Waals surface area contributed by atoms with Crippen molar-refractivity contribution in [2.45, 2.75) is 16.7 Å². The van der Waals surface area contributed by atoms with Gasteiger partial charge in [-0.25, -0.2) is 0 Å². The molecule has 0 aromatic heterocycles. The predicted molar refractivity (Wildman–Crippen MR) is 145 cm³/mol. The first-order valence-corrected chi connectivity index (χ1v) is 12.3. The van der Waals surface area contributed by atoms with E-state index in [0.717, 1.165) is 22.7 Å². The van der Waals surface area contributed by atoms with Gasteiger partial charge in [-0.1, -0.05) is 78.0 Å². The van der Waals surface area contributed by atoms with Gasteiger partial charge in [-0.2, -0.15) is 0 Å². The molecule has 0 saturated carbocycles. The molecule has 0 fully saturated rings. The standard InChI is InChI=1S/C31H24N2S/c1-22-14-17-26(18-15-22)33(25-9-3-2-4-10-25)27-11-7-8-23(20-27)24-16-19-29-31(21-24)34-30-13-6-5-12-28(30)32-29/h2-21,32H,1H3. The third kappa shape index (κ3) is 3.95. The van der Waals surface area contributed by atoms with E-state index in [1.54, 1.807) is 0 Å². The van der Waals surface area contributed by atoms with Crippen LogP contribution in [0.5, 0.6) is 0 Å². The number of hydrogen-bond acceptors (Lipinski definition) is 3. The van der Waals surface area contributed by atoms with Gasteiger partial charge < -0.3 is 10.2 Å². The van der Waals surface area contributed by atoms with Crippen molar-refractivity contribution in [3.8, 4) is 11.1 Å². The molecule has 0 unspecified atom stereocenters. The second kappa shape index (κ2) is 8.77. The Bertz CT molecular complexity index is 1460. The summed E-state index contributed by atoms with van der Waals surface area (Å²) in [4.78, 5) is 4.82. The highest BCUT2D eigenvalue weighted by molar-refractivity contribution is 7.99. The summed E-state index contributed by atoms with van der Waals surface area (Å²) >= 11 is 1.82. The highest BCUT2D eigenvalue weighted by Crippen LogP contribution is 2.45. The second-order valence-corrected chi connectivity index (χ2v) is 9.57. The van der Waals surface area contributed by atoms with E-state index >= 15 is 0 Å². The van der Waals surface area contributed by atoms with Crippen LogP contribution in [-0.2, 0) is 0 Å². The van der Waals surface area contributed by atoms with Crippen molar-refractivity contribution in [2.24, 2.45) is 0 Å². The van der Waals surface area contributed by atoms with E-state index in [2.05, 4.69) is 138 Å². The van der Waals surface area contributed by atoms with Gasteiger partial charge in [-0.3, -0.25) is 0 Å². The summed E-state index contributed by atoms with van der Waals surface area (Å²) in [7, 11) is 0. The Balaban J connectivity index is 1.40. The molecule has 0 bridgehead atoms. The van der Waals surface area contributed by atoms with Gasteiger partial charge in [-0.15, -0.1) is 0 Å². The molecular formula is C31H24N2S. The number of nitrogens with one attached hydrogen (secondary N) is 1. The average molecular weight is 457 g/mol. The zero-order valence-corrected chi connectivity index (χ0v) is 19.7. The molecule has 6 rings (SSSR count). The Morgan fingerprint density at radius 3 is 2.06 bits per heavy atom. The van der Waals surface area contributed by atoms with Gasteiger partial charge in [0.25, 0.3) is 0 Å². The van der Waals surface area contributed by atoms with E-state index in [9.17, 15) is 0 Å². The van der Waals surface area contributed by atoms with Crippen molar-refractivity contribution >= 4 is 40.2 Å². The van der Waals surface area contributed by atoms with Crippen LogP contribution in [0.1, 0.15) is 5.56 Å². The summed E-state index contributed by atoms with van der Waals surface area (Å²) in [6.45, 7) is 2.12. The lowest BCUT2D eigenvalue weighted by Gasteiger charge is -2.26. The molecule has 1 aliphatic rings. The fourth-order valence-corrected chi connectivity index (χ4v) is 5.38. The maximum absolute atomic E-state index is 3.57. The van der Waals surface area contributed by atoms with Gasteiger partial charge in [0.1, 0.15) is 0 Å². The van der Waals surface area contributed by atoms with Crippen LogP contribution >= 0.6 is 11.8 Å². The molecule has 0 spiro atoms. The quantitative estimate of drug-likeness (QED) is 0.284. The highest BCUT2D eigenvalue weighted by Gasteiger charge is 2.17. The molecule has 0 radical (unpaired) electrons. The Kier molecular flexibility index (Phi) is 5.32. The molecule has 1 heterocycles. The smallest absolute Gasteiger partial charge is 0.0526 e. The summed E-state index contributed by atoms with van der Waals surface area (Å²) in [5, 5.41) is 3.57. The Hall–Kier alpha value is -3.95. The van der Waals surface area contributed by atoms with Crippen molar-refractivity contribution in [3.63, 3.8) is 0 Å². The molecule has 1 aliphatic heterocycles. The molecule has 0 atom stereocenters. The van der Waals surface area contributed by atoms with Crippen LogP contribution in [0, 0.1) is 6.92 Å². The summed E-state index contributed by atoms with van der Waals surface area (Å²) in [5.41, 5.74) is 9.44. The van der Waals surface area contributed by atoms with Crippen LogP contribution in [0.2, 0.25) is 0 Å². The van der Waals surface area contributed by atoms with E-state index in [1.807, 2.05) is 11.8 Å². The molecular weight excluding hydrogens is 432 g/mol. The molecule has 3 heteroatoms. The van der Waals surface area contributed by atoms with Crippen LogP contribution in [0.4, 0.5) is 28.4 Å². The molecule has 164 valence electrons. The normalized spacial score (nSPS) is 11.8. The second-order valence-electron chi connectivity index (χ2n) is 8.49. The summed E-state index contributed by atoms with van der Waals surface area (Å²) in [6.07, 6.45) is 0. The number of fused-ring (bicyclic) bond motifs is 2. The number of hydrogen-bond donors (Lipinski definition) is 1. The van der Waals surface area contributed by atoms with E-state index in [1.165, 1.54) is 32.2 Å². The maximum atomic E-state index is 3.57. The third-order valence-corrected chi connectivity index (χ3v) is 7.24. The summed E-state index contributed by atoms with van der Waals surface area (Å²) in [5.74, 6) is 0. The van der Waals surface area contributed by atoms with Gasteiger partial charge in [-0.05, 0) is 78.7 Å². The number of rotatable bonds is 4. The summed E-state index contributed by atoms with van der Waals surface area (Å²) < 4.78 is 0. The molecule has 34 heavy (non-hydrogen) atoms. The van der Waals surface area contributed by atoms with E-state index in [-0.39, 0.29) is 0 Å². The highest BCUT2D eigenvalue weighted by atomic mass is 32.2. The molecule has 5 aromatic carbocycles. The lowest BCUT2D eigenvalue weighted by Crippen LogP contribution is -2.09. The summed E-state index contributed by atoms with van der Waals surface area (Å²) in [6, 6.07) is 43.2. The van der Waals surface area contributed by atoms with Crippen molar-refractivity contribution in [2.75, 3.05) is 10.2 Å². The average Bonchev–Trinajstić information content (AvgIpc) is 2.89. The third-order valence-electron chi connectivity index (χ3n) is 6.10. The van der Waals surface area contributed by atoms with Crippen molar-refractivity contribution in [1.29, 1.82) is 0 Å². The minimum atomic E-state index is 1.14. The lowest BCUT2D eigenvalue weighted by atomic mass is 10.0. The fourth-order valence-electron chi connectivity index (χ4n) is 4.35. The van der Waals surface area contributed by atoms with E-state index < -0.39 is 0 Å². The fraction of sp³-hybridized carbons (Fsp3) is 0.0323. The SMILES string of the molecule is Cc1ccc(N(c2ccccc2)c2cccc(-c3ccc4c(c3)Sc3ccccc3N4)c2)cc1. The minimum Gasteiger partial charge on any atom is -0.354 e. The zero-order valence-electron chi connectivity index (χ0n) is 18.9. The maximum Gasteiger partial charge on any atom is 0.0526 e. The van der Waals surface area contributed by atoms with Crippen molar-refractivity contribution in [1.82, 2.24) is 0 Å². The molecule has 0 amide bonds. The van der Waals surface area contributed by atoms with Gasteiger partial charge in [0.15, 0.2) is 0 Å². The van der Waals surface area contributed by atoms with Gasteiger partial charge in [0.05, 0.1) is 11.4 Å². The lowest BCUT2D eigenvalue weighted by molar-refractivity contribution is 1.27. The Labute approximate surface area is 204 Å². The van der Waals surface area contributed by atoms with Crippen molar-refractivity contribution < 1.29 is 0 Å². The predicted octanol–water partition coefficient (Wildman–Crippen LogP) is 9.34. The number of anilines is 5. The van der Waals surface area contributed by atoms with Crippen LogP contribution in [-0.4, -0.2) is 0 Å². The number of aryl methyl sites for hydroxylation is 1. The molecule has 0 aliphatic carbocycles. The Morgan fingerprint density at radius 2 is 1.21 bits per heavy atom. The molecule has 1 N–H and O–H groups in total. The zero-order chi connectivity index (χ0) is 22.9. The number of nitrogens with zero attached hydrogens (tertiary/aromatic N) is 1. The van der Waals surface area contributed by atoms with Gasteiger partial charge in [0, 0.05) is 26.9 Å².